The fourth-order valence-corrected chi connectivity index (χ4v) is 4.05. The lowest BCUT2D eigenvalue weighted by Gasteiger charge is -2.04. The summed E-state index contributed by atoms with van der Waals surface area (Å²) < 4.78 is 0. The minimum atomic E-state index is 0.652. The first-order valence-electron chi connectivity index (χ1n) is 6.84. The second kappa shape index (κ2) is 6.64. The van der Waals surface area contributed by atoms with Crippen LogP contribution in [0.25, 0.3) is 10.6 Å². The van der Waals surface area contributed by atoms with Crippen molar-refractivity contribution in [2.75, 3.05) is 6.54 Å². The third-order valence-corrected chi connectivity index (χ3v) is 4.99. The summed E-state index contributed by atoms with van der Waals surface area (Å²) in [6.45, 7) is 10.8. The van der Waals surface area contributed by atoms with Gasteiger partial charge in [0.1, 0.15) is 5.01 Å². The third-order valence-electron chi connectivity index (χ3n) is 3.00. The van der Waals surface area contributed by atoms with Crippen molar-refractivity contribution in [2.24, 2.45) is 5.92 Å². The van der Waals surface area contributed by atoms with Gasteiger partial charge in [0.15, 0.2) is 0 Å². The highest BCUT2D eigenvalue weighted by Crippen LogP contribution is 2.33. The number of aromatic nitrogens is 1. The SMILES string of the molecule is CCNCc1sc(-c2cscc2C)nc1CC(C)C. The van der Waals surface area contributed by atoms with Crippen LogP contribution in [0, 0.1) is 12.8 Å². The van der Waals surface area contributed by atoms with Gasteiger partial charge in [-0.15, -0.1) is 11.3 Å². The number of nitrogens with one attached hydrogen (secondary N) is 1. The Hall–Kier alpha value is -0.710. The Morgan fingerprint density at radius 1 is 1.32 bits per heavy atom. The number of rotatable bonds is 6. The number of thiophene rings is 1. The molecule has 1 N–H and O–H groups in total. The van der Waals surface area contributed by atoms with Crippen LogP contribution in [0.15, 0.2) is 10.8 Å². The highest BCUT2D eigenvalue weighted by molar-refractivity contribution is 7.15. The first kappa shape index (κ1) is 14.7. The Morgan fingerprint density at radius 2 is 2.11 bits per heavy atom. The van der Waals surface area contributed by atoms with Gasteiger partial charge in [0.25, 0.3) is 0 Å². The molecule has 0 aliphatic heterocycles. The minimum absolute atomic E-state index is 0.652. The van der Waals surface area contributed by atoms with E-state index in [-0.39, 0.29) is 0 Å². The fourth-order valence-electron chi connectivity index (χ4n) is 2.00. The maximum absolute atomic E-state index is 4.89. The van der Waals surface area contributed by atoms with Crippen molar-refractivity contribution < 1.29 is 0 Å². The molecule has 0 aliphatic carbocycles. The van der Waals surface area contributed by atoms with Crippen molar-refractivity contribution in [3.63, 3.8) is 0 Å². The van der Waals surface area contributed by atoms with Gasteiger partial charge < -0.3 is 5.32 Å². The highest BCUT2D eigenvalue weighted by atomic mass is 32.1. The average molecular weight is 294 g/mol. The summed E-state index contributed by atoms with van der Waals surface area (Å²) in [5.41, 5.74) is 3.93. The first-order chi connectivity index (χ1) is 9.11. The molecule has 0 atom stereocenters. The van der Waals surface area contributed by atoms with Crippen LogP contribution in [0.5, 0.6) is 0 Å². The lowest BCUT2D eigenvalue weighted by atomic mass is 10.1. The van der Waals surface area contributed by atoms with E-state index in [1.54, 1.807) is 11.3 Å². The largest absolute Gasteiger partial charge is 0.312 e. The van der Waals surface area contributed by atoms with Gasteiger partial charge in [-0.3, -0.25) is 0 Å². The second-order valence-corrected chi connectivity index (χ2v) is 7.06. The molecule has 0 bridgehead atoms. The van der Waals surface area contributed by atoms with Crippen LogP contribution in [-0.4, -0.2) is 11.5 Å². The van der Waals surface area contributed by atoms with Crippen LogP contribution < -0.4 is 5.32 Å². The van der Waals surface area contributed by atoms with Crippen molar-refractivity contribution >= 4 is 22.7 Å². The van der Waals surface area contributed by atoms with Gasteiger partial charge in [0, 0.05) is 22.4 Å². The summed E-state index contributed by atoms with van der Waals surface area (Å²) in [5, 5.41) is 9.02. The number of thiazole rings is 1. The van der Waals surface area contributed by atoms with E-state index in [2.05, 4.69) is 43.8 Å². The van der Waals surface area contributed by atoms with Crippen molar-refractivity contribution in [1.82, 2.24) is 10.3 Å². The molecule has 2 nitrogen and oxygen atoms in total. The number of hydrogen-bond donors (Lipinski definition) is 1. The number of aryl methyl sites for hydroxylation is 1. The molecule has 19 heavy (non-hydrogen) atoms. The van der Waals surface area contributed by atoms with E-state index in [0.29, 0.717) is 5.92 Å². The molecule has 2 aromatic heterocycles. The predicted octanol–water partition coefficient (Wildman–Crippen LogP) is 4.49. The Bertz CT molecular complexity index is 526. The molecule has 0 saturated heterocycles. The second-order valence-electron chi connectivity index (χ2n) is 5.24. The van der Waals surface area contributed by atoms with Crippen LogP contribution in [-0.2, 0) is 13.0 Å². The lowest BCUT2D eigenvalue weighted by Crippen LogP contribution is -2.12. The quantitative estimate of drug-likeness (QED) is 0.849. The topological polar surface area (TPSA) is 24.9 Å². The van der Waals surface area contributed by atoms with Gasteiger partial charge in [-0.1, -0.05) is 20.8 Å². The normalized spacial score (nSPS) is 11.4. The van der Waals surface area contributed by atoms with E-state index in [4.69, 9.17) is 4.98 Å². The summed E-state index contributed by atoms with van der Waals surface area (Å²) in [6, 6.07) is 0. The molecule has 0 amide bonds. The van der Waals surface area contributed by atoms with Crippen LogP contribution in [0.4, 0.5) is 0 Å². The average Bonchev–Trinajstić information content (AvgIpc) is 2.92. The predicted molar refractivity (Wildman–Crippen MR) is 86.1 cm³/mol. The zero-order chi connectivity index (χ0) is 13.8. The highest BCUT2D eigenvalue weighted by Gasteiger charge is 2.15. The van der Waals surface area contributed by atoms with Crippen LogP contribution in [0.2, 0.25) is 0 Å². The molecule has 0 saturated carbocycles. The Labute approximate surface area is 123 Å². The smallest absolute Gasteiger partial charge is 0.125 e. The Morgan fingerprint density at radius 3 is 2.68 bits per heavy atom. The molecule has 104 valence electrons. The fraction of sp³-hybridized carbons (Fsp3) is 0.533. The molecule has 2 heterocycles. The van der Waals surface area contributed by atoms with Crippen LogP contribution in [0.3, 0.4) is 0 Å². The number of hydrogen-bond acceptors (Lipinski definition) is 4. The summed E-state index contributed by atoms with van der Waals surface area (Å²) in [6.07, 6.45) is 1.07. The molecule has 2 rings (SSSR count). The molecular weight excluding hydrogens is 272 g/mol. The van der Waals surface area contributed by atoms with E-state index in [1.807, 2.05) is 11.3 Å². The molecule has 0 spiro atoms. The van der Waals surface area contributed by atoms with E-state index < -0.39 is 0 Å². The zero-order valence-electron chi connectivity index (χ0n) is 12.1. The van der Waals surface area contributed by atoms with Crippen LogP contribution in [0.1, 0.15) is 36.9 Å². The molecule has 0 fully saturated rings. The summed E-state index contributed by atoms with van der Waals surface area (Å²) in [7, 11) is 0. The van der Waals surface area contributed by atoms with Gasteiger partial charge in [0.05, 0.1) is 5.69 Å². The molecule has 0 unspecified atom stereocenters. The standard InChI is InChI=1S/C15H22N2S2/c1-5-16-7-14-13(6-10(2)3)17-15(19-14)12-9-18-8-11(12)4/h8-10,16H,5-7H2,1-4H3. The van der Waals surface area contributed by atoms with Gasteiger partial charge >= 0.3 is 0 Å². The van der Waals surface area contributed by atoms with Crippen molar-refractivity contribution in [3.05, 3.63) is 26.9 Å². The maximum atomic E-state index is 4.89. The lowest BCUT2D eigenvalue weighted by molar-refractivity contribution is 0.628. The Kier molecular flexibility index (Phi) is 5.13. The first-order valence-corrected chi connectivity index (χ1v) is 8.60. The van der Waals surface area contributed by atoms with Crippen molar-refractivity contribution in [2.45, 2.75) is 40.7 Å². The molecule has 2 aromatic rings. The van der Waals surface area contributed by atoms with Crippen molar-refractivity contribution in [3.8, 4) is 10.6 Å². The van der Waals surface area contributed by atoms with E-state index in [1.165, 1.54) is 26.7 Å². The maximum Gasteiger partial charge on any atom is 0.125 e. The van der Waals surface area contributed by atoms with Gasteiger partial charge in [-0.05, 0) is 36.8 Å². The summed E-state index contributed by atoms with van der Waals surface area (Å²) in [4.78, 5) is 6.29. The summed E-state index contributed by atoms with van der Waals surface area (Å²) in [5.74, 6) is 0.652. The molecule has 4 heteroatoms. The minimum Gasteiger partial charge on any atom is -0.312 e. The molecule has 0 radical (unpaired) electrons. The van der Waals surface area contributed by atoms with Crippen LogP contribution >= 0.6 is 22.7 Å². The summed E-state index contributed by atoms with van der Waals surface area (Å²) >= 11 is 3.61. The van der Waals surface area contributed by atoms with E-state index >= 15 is 0 Å². The van der Waals surface area contributed by atoms with Crippen molar-refractivity contribution in [1.29, 1.82) is 0 Å². The van der Waals surface area contributed by atoms with Gasteiger partial charge in [-0.2, -0.15) is 11.3 Å². The molecule has 0 aromatic carbocycles. The monoisotopic (exact) mass is 294 g/mol. The van der Waals surface area contributed by atoms with E-state index in [9.17, 15) is 0 Å². The third kappa shape index (κ3) is 3.65. The molecule has 0 aliphatic rings. The van der Waals surface area contributed by atoms with E-state index in [0.717, 1.165) is 19.5 Å². The number of nitrogens with zero attached hydrogens (tertiary/aromatic N) is 1. The van der Waals surface area contributed by atoms with Gasteiger partial charge in [0.2, 0.25) is 0 Å². The Balaban J connectivity index is 2.31. The molecular formula is C15H22N2S2. The zero-order valence-corrected chi connectivity index (χ0v) is 13.8. The van der Waals surface area contributed by atoms with Gasteiger partial charge in [-0.25, -0.2) is 4.98 Å².